The van der Waals surface area contributed by atoms with Gasteiger partial charge in [0.15, 0.2) is 0 Å². The van der Waals surface area contributed by atoms with E-state index in [9.17, 15) is 0 Å². The van der Waals surface area contributed by atoms with Gasteiger partial charge in [-0.25, -0.2) is 0 Å². The molecule has 19 heavy (non-hydrogen) atoms. The van der Waals surface area contributed by atoms with Gasteiger partial charge >= 0.3 is 0 Å². The Kier molecular flexibility index (Phi) is 4.93. The number of aryl methyl sites for hydroxylation is 1. The average molecular weight is 321 g/mol. The zero-order chi connectivity index (χ0) is 13.7. The molecule has 0 unspecified atom stereocenters. The lowest BCUT2D eigenvalue weighted by atomic mass is 10.2. The zero-order valence-electron chi connectivity index (χ0n) is 11.1. The SMILES string of the molecule is CCNCc1cc(Oc2ccc(C)cc2Br)ccn1. The van der Waals surface area contributed by atoms with Crippen LogP contribution in [0.25, 0.3) is 0 Å². The largest absolute Gasteiger partial charge is 0.456 e. The van der Waals surface area contributed by atoms with Crippen molar-refractivity contribution in [1.82, 2.24) is 10.3 Å². The normalized spacial score (nSPS) is 10.5. The van der Waals surface area contributed by atoms with Crippen LogP contribution in [-0.4, -0.2) is 11.5 Å². The van der Waals surface area contributed by atoms with Crippen LogP contribution in [0.4, 0.5) is 0 Å². The van der Waals surface area contributed by atoms with Gasteiger partial charge in [0.05, 0.1) is 10.2 Å². The highest BCUT2D eigenvalue weighted by molar-refractivity contribution is 9.10. The van der Waals surface area contributed by atoms with Gasteiger partial charge in [-0.15, -0.1) is 0 Å². The molecule has 2 aromatic rings. The molecule has 1 heterocycles. The zero-order valence-corrected chi connectivity index (χ0v) is 12.7. The van der Waals surface area contributed by atoms with E-state index >= 15 is 0 Å². The molecule has 4 heteroatoms. The first kappa shape index (κ1) is 14.0. The van der Waals surface area contributed by atoms with E-state index in [4.69, 9.17) is 4.74 Å². The van der Waals surface area contributed by atoms with Gasteiger partial charge in [-0.3, -0.25) is 4.98 Å². The Morgan fingerprint density at radius 1 is 1.26 bits per heavy atom. The second-order valence-electron chi connectivity index (χ2n) is 4.30. The molecule has 0 bridgehead atoms. The number of aromatic nitrogens is 1. The lowest BCUT2D eigenvalue weighted by Crippen LogP contribution is -2.12. The van der Waals surface area contributed by atoms with E-state index in [1.54, 1.807) is 6.20 Å². The summed E-state index contributed by atoms with van der Waals surface area (Å²) in [6.45, 7) is 5.80. The number of hydrogen-bond donors (Lipinski definition) is 1. The molecule has 0 radical (unpaired) electrons. The van der Waals surface area contributed by atoms with Crippen molar-refractivity contribution < 1.29 is 4.74 Å². The first-order valence-corrected chi connectivity index (χ1v) is 7.08. The summed E-state index contributed by atoms with van der Waals surface area (Å²) in [5.74, 6) is 1.61. The fraction of sp³-hybridized carbons (Fsp3) is 0.267. The Balaban J connectivity index is 2.14. The molecule has 1 aromatic carbocycles. The van der Waals surface area contributed by atoms with Crippen molar-refractivity contribution in [3.63, 3.8) is 0 Å². The minimum atomic E-state index is 0.753. The van der Waals surface area contributed by atoms with E-state index in [1.807, 2.05) is 30.3 Å². The lowest BCUT2D eigenvalue weighted by Gasteiger charge is -2.09. The van der Waals surface area contributed by atoms with Gasteiger partial charge in [0, 0.05) is 18.8 Å². The van der Waals surface area contributed by atoms with E-state index in [0.717, 1.165) is 34.8 Å². The van der Waals surface area contributed by atoms with Crippen LogP contribution in [0.1, 0.15) is 18.2 Å². The Morgan fingerprint density at radius 2 is 2.11 bits per heavy atom. The van der Waals surface area contributed by atoms with Gasteiger partial charge in [-0.05, 0) is 53.2 Å². The number of nitrogens with one attached hydrogen (secondary N) is 1. The molecule has 2 rings (SSSR count). The highest BCUT2D eigenvalue weighted by atomic mass is 79.9. The topological polar surface area (TPSA) is 34.1 Å². The summed E-state index contributed by atoms with van der Waals surface area (Å²) in [5.41, 5.74) is 2.17. The molecule has 3 nitrogen and oxygen atoms in total. The quantitative estimate of drug-likeness (QED) is 0.902. The maximum absolute atomic E-state index is 5.87. The van der Waals surface area contributed by atoms with Gasteiger partial charge in [0.25, 0.3) is 0 Å². The maximum atomic E-state index is 5.87. The van der Waals surface area contributed by atoms with E-state index in [2.05, 4.69) is 40.1 Å². The van der Waals surface area contributed by atoms with Crippen LogP contribution in [-0.2, 0) is 6.54 Å². The Morgan fingerprint density at radius 3 is 2.84 bits per heavy atom. The summed E-state index contributed by atoms with van der Waals surface area (Å²) in [4.78, 5) is 4.30. The van der Waals surface area contributed by atoms with Crippen molar-refractivity contribution in [2.45, 2.75) is 20.4 Å². The molecule has 0 fully saturated rings. The molecule has 0 saturated carbocycles. The predicted octanol–water partition coefficient (Wildman–Crippen LogP) is 4.05. The van der Waals surface area contributed by atoms with Gasteiger partial charge in [-0.1, -0.05) is 13.0 Å². The minimum absolute atomic E-state index is 0.753. The molecule has 1 aromatic heterocycles. The summed E-state index contributed by atoms with van der Waals surface area (Å²) in [6, 6.07) is 9.84. The average Bonchev–Trinajstić information content (AvgIpc) is 2.40. The summed E-state index contributed by atoms with van der Waals surface area (Å²) < 4.78 is 6.83. The third-order valence-corrected chi connectivity index (χ3v) is 3.28. The van der Waals surface area contributed by atoms with Gasteiger partial charge in [0.2, 0.25) is 0 Å². The van der Waals surface area contributed by atoms with Crippen LogP contribution in [0.5, 0.6) is 11.5 Å². The van der Waals surface area contributed by atoms with E-state index in [0.29, 0.717) is 0 Å². The van der Waals surface area contributed by atoms with Crippen molar-refractivity contribution in [3.8, 4) is 11.5 Å². The maximum Gasteiger partial charge on any atom is 0.141 e. The molecule has 0 spiro atoms. The summed E-state index contributed by atoms with van der Waals surface area (Å²) in [7, 11) is 0. The monoisotopic (exact) mass is 320 g/mol. The van der Waals surface area contributed by atoms with Gasteiger partial charge in [-0.2, -0.15) is 0 Å². The minimum Gasteiger partial charge on any atom is -0.456 e. The second-order valence-corrected chi connectivity index (χ2v) is 5.15. The number of nitrogens with zero attached hydrogens (tertiary/aromatic N) is 1. The lowest BCUT2D eigenvalue weighted by molar-refractivity contribution is 0.477. The molecule has 0 saturated heterocycles. The van der Waals surface area contributed by atoms with Crippen LogP contribution < -0.4 is 10.1 Å². The standard InChI is InChI=1S/C15H17BrN2O/c1-3-17-10-12-9-13(6-7-18-12)19-15-5-4-11(2)8-14(15)16/h4-9,17H,3,10H2,1-2H3. The van der Waals surface area contributed by atoms with Crippen LogP contribution in [0.3, 0.4) is 0 Å². The Labute approximate surface area is 122 Å². The molecular formula is C15H17BrN2O. The van der Waals surface area contributed by atoms with E-state index in [-0.39, 0.29) is 0 Å². The number of benzene rings is 1. The van der Waals surface area contributed by atoms with Crippen molar-refractivity contribution in [2.75, 3.05) is 6.54 Å². The highest BCUT2D eigenvalue weighted by Crippen LogP contribution is 2.30. The molecule has 100 valence electrons. The van der Waals surface area contributed by atoms with Gasteiger partial charge < -0.3 is 10.1 Å². The van der Waals surface area contributed by atoms with Crippen molar-refractivity contribution >= 4 is 15.9 Å². The van der Waals surface area contributed by atoms with Crippen LogP contribution in [0, 0.1) is 6.92 Å². The van der Waals surface area contributed by atoms with Crippen LogP contribution in [0.15, 0.2) is 41.0 Å². The first-order valence-electron chi connectivity index (χ1n) is 6.28. The summed E-state index contributed by atoms with van der Waals surface area (Å²) in [5, 5.41) is 3.25. The van der Waals surface area contributed by atoms with Crippen LogP contribution >= 0.6 is 15.9 Å². The van der Waals surface area contributed by atoms with Crippen LogP contribution in [0.2, 0.25) is 0 Å². The molecule has 0 amide bonds. The number of hydrogen-bond acceptors (Lipinski definition) is 3. The molecule has 0 aliphatic heterocycles. The summed E-state index contributed by atoms with van der Waals surface area (Å²) >= 11 is 3.51. The predicted molar refractivity (Wildman–Crippen MR) is 80.6 cm³/mol. The molecule has 0 aliphatic carbocycles. The third-order valence-electron chi connectivity index (χ3n) is 2.66. The molecule has 0 aliphatic rings. The third kappa shape index (κ3) is 4.04. The molecular weight excluding hydrogens is 304 g/mol. The highest BCUT2D eigenvalue weighted by Gasteiger charge is 2.04. The van der Waals surface area contributed by atoms with E-state index in [1.165, 1.54) is 5.56 Å². The number of ether oxygens (including phenoxy) is 1. The Bertz CT molecular complexity index is 558. The fourth-order valence-corrected chi connectivity index (χ4v) is 2.26. The second kappa shape index (κ2) is 6.68. The van der Waals surface area contributed by atoms with Crippen molar-refractivity contribution in [2.24, 2.45) is 0 Å². The number of pyridine rings is 1. The number of rotatable bonds is 5. The van der Waals surface area contributed by atoms with Gasteiger partial charge in [0.1, 0.15) is 11.5 Å². The fourth-order valence-electron chi connectivity index (χ4n) is 1.68. The Hall–Kier alpha value is -1.39. The van der Waals surface area contributed by atoms with E-state index < -0.39 is 0 Å². The van der Waals surface area contributed by atoms with Crippen molar-refractivity contribution in [3.05, 3.63) is 52.3 Å². The first-order chi connectivity index (χ1) is 9.19. The smallest absolute Gasteiger partial charge is 0.141 e. The summed E-state index contributed by atoms with van der Waals surface area (Å²) in [6.07, 6.45) is 1.77. The molecule has 1 N–H and O–H groups in total. The molecule has 0 atom stereocenters. The number of halogens is 1. The van der Waals surface area contributed by atoms with Crippen molar-refractivity contribution in [1.29, 1.82) is 0 Å².